The number of nitrogens with one attached hydrogen (secondary N) is 1. The van der Waals surface area contributed by atoms with Gasteiger partial charge in [0.1, 0.15) is 4.88 Å². The number of aryl methyl sites for hydroxylation is 1. The van der Waals surface area contributed by atoms with Gasteiger partial charge < -0.3 is 11.1 Å². The molecule has 86 valence electrons. The van der Waals surface area contributed by atoms with Crippen molar-refractivity contribution in [3.63, 3.8) is 0 Å². The summed E-state index contributed by atoms with van der Waals surface area (Å²) < 4.78 is 0. The third-order valence-electron chi connectivity index (χ3n) is 2.01. The molecule has 6 heteroatoms. The number of nitriles is 1. The Bertz CT molecular complexity index is 444. The quantitative estimate of drug-likeness (QED) is 0.830. The Labute approximate surface area is 98.3 Å². The van der Waals surface area contributed by atoms with E-state index in [9.17, 15) is 4.79 Å². The summed E-state index contributed by atoms with van der Waals surface area (Å²) in [6.07, 6.45) is 0. The van der Waals surface area contributed by atoms with Crippen LogP contribution in [0.5, 0.6) is 0 Å². The van der Waals surface area contributed by atoms with Crippen molar-refractivity contribution in [1.82, 2.24) is 10.3 Å². The summed E-state index contributed by atoms with van der Waals surface area (Å²) >= 11 is 1.15. The van der Waals surface area contributed by atoms with Crippen molar-refractivity contribution >= 4 is 22.4 Å². The number of nitrogen functional groups attached to an aromatic ring is 1. The van der Waals surface area contributed by atoms with Gasteiger partial charge in [-0.25, -0.2) is 4.98 Å². The number of nitrogens with two attached hydrogens (primary N) is 1. The van der Waals surface area contributed by atoms with Crippen molar-refractivity contribution < 1.29 is 4.79 Å². The van der Waals surface area contributed by atoms with E-state index in [1.807, 2.05) is 0 Å². The van der Waals surface area contributed by atoms with Crippen LogP contribution < -0.4 is 11.1 Å². The molecule has 0 aliphatic heterocycles. The lowest BCUT2D eigenvalue weighted by Gasteiger charge is -2.15. The smallest absolute Gasteiger partial charge is 0.263 e. The second-order valence-electron chi connectivity index (χ2n) is 4.15. The molecule has 1 amide bonds. The van der Waals surface area contributed by atoms with Crippen LogP contribution in [0.2, 0.25) is 0 Å². The fourth-order valence-electron chi connectivity index (χ4n) is 1.05. The van der Waals surface area contributed by atoms with Crippen LogP contribution >= 0.6 is 11.3 Å². The van der Waals surface area contributed by atoms with Gasteiger partial charge >= 0.3 is 0 Å². The molecule has 0 saturated heterocycles. The molecule has 16 heavy (non-hydrogen) atoms. The lowest BCUT2D eigenvalue weighted by atomic mass is 9.96. The molecule has 0 aromatic carbocycles. The molecule has 0 aliphatic rings. The van der Waals surface area contributed by atoms with Crippen LogP contribution in [0, 0.1) is 23.7 Å². The highest BCUT2D eigenvalue weighted by molar-refractivity contribution is 7.17. The van der Waals surface area contributed by atoms with Gasteiger partial charge in [0.25, 0.3) is 5.91 Å². The van der Waals surface area contributed by atoms with Crippen molar-refractivity contribution in [1.29, 1.82) is 5.26 Å². The zero-order valence-electron chi connectivity index (χ0n) is 9.50. The second kappa shape index (κ2) is 4.49. The summed E-state index contributed by atoms with van der Waals surface area (Å²) in [5.41, 5.74) is 5.55. The monoisotopic (exact) mass is 238 g/mol. The molecule has 1 aromatic heterocycles. The minimum absolute atomic E-state index is 0.227. The van der Waals surface area contributed by atoms with E-state index in [1.165, 1.54) is 0 Å². The van der Waals surface area contributed by atoms with Crippen LogP contribution in [0.15, 0.2) is 0 Å². The molecule has 1 heterocycles. The van der Waals surface area contributed by atoms with E-state index in [1.54, 1.807) is 20.8 Å². The Hall–Kier alpha value is -1.61. The molecule has 0 spiro atoms. The van der Waals surface area contributed by atoms with Gasteiger partial charge in [0.2, 0.25) is 0 Å². The van der Waals surface area contributed by atoms with Gasteiger partial charge in [-0.05, 0) is 20.8 Å². The topological polar surface area (TPSA) is 91.8 Å². The predicted octanol–water partition coefficient (Wildman–Crippen LogP) is 1.31. The van der Waals surface area contributed by atoms with Gasteiger partial charge in [-0.1, -0.05) is 11.3 Å². The number of carbonyl (C=O) groups excluding carboxylic acids is 1. The second-order valence-corrected chi connectivity index (χ2v) is 5.18. The number of rotatable bonds is 3. The Morgan fingerprint density at radius 2 is 2.31 bits per heavy atom. The Morgan fingerprint density at radius 3 is 2.75 bits per heavy atom. The van der Waals surface area contributed by atoms with Gasteiger partial charge in [-0.15, -0.1) is 0 Å². The van der Waals surface area contributed by atoms with Crippen LogP contribution in [-0.4, -0.2) is 17.4 Å². The first-order valence-electron chi connectivity index (χ1n) is 4.78. The van der Waals surface area contributed by atoms with Crippen LogP contribution in [0.1, 0.15) is 29.2 Å². The summed E-state index contributed by atoms with van der Waals surface area (Å²) in [4.78, 5) is 16.2. The Kier molecular flexibility index (Phi) is 3.50. The number of carbonyl (C=O) groups is 1. The van der Waals surface area contributed by atoms with Crippen molar-refractivity contribution in [3.8, 4) is 6.07 Å². The van der Waals surface area contributed by atoms with E-state index in [0.717, 1.165) is 11.3 Å². The number of nitrogens with zero attached hydrogens (tertiary/aromatic N) is 2. The molecule has 0 aliphatic carbocycles. The summed E-state index contributed by atoms with van der Waals surface area (Å²) in [6.45, 7) is 5.57. The van der Waals surface area contributed by atoms with Crippen LogP contribution in [0.25, 0.3) is 0 Å². The minimum atomic E-state index is -0.570. The number of thiazole rings is 1. The summed E-state index contributed by atoms with van der Waals surface area (Å²) in [5, 5.41) is 11.9. The average molecular weight is 238 g/mol. The van der Waals surface area contributed by atoms with E-state index < -0.39 is 5.41 Å². The molecule has 0 fully saturated rings. The van der Waals surface area contributed by atoms with Crippen LogP contribution in [-0.2, 0) is 0 Å². The largest absolute Gasteiger partial charge is 0.375 e. The molecule has 0 unspecified atom stereocenters. The maximum atomic E-state index is 11.7. The summed E-state index contributed by atoms with van der Waals surface area (Å²) in [6, 6.07) is 2.12. The first-order valence-corrected chi connectivity index (χ1v) is 5.60. The van der Waals surface area contributed by atoms with E-state index >= 15 is 0 Å². The third kappa shape index (κ3) is 2.94. The van der Waals surface area contributed by atoms with E-state index in [2.05, 4.69) is 16.4 Å². The molecular weight excluding hydrogens is 224 g/mol. The highest BCUT2D eigenvalue weighted by Crippen LogP contribution is 2.20. The van der Waals surface area contributed by atoms with Gasteiger partial charge in [0.15, 0.2) is 5.13 Å². The molecule has 0 atom stereocenters. The van der Waals surface area contributed by atoms with E-state index in [0.29, 0.717) is 22.2 Å². The van der Waals surface area contributed by atoms with Gasteiger partial charge in [0.05, 0.1) is 17.2 Å². The van der Waals surface area contributed by atoms with E-state index in [-0.39, 0.29) is 5.91 Å². The van der Waals surface area contributed by atoms with Crippen LogP contribution in [0.3, 0.4) is 0 Å². The number of hydrogen-bond acceptors (Lipinski definition) is 5. The number of anilines is 1. The van der Waals surface area contributed by atoms with Gasteiger partial charge in [0, 0.05) is 6.54 Å². The number of aromatic nitrogens is 1. The van der Waals surface area contributed by atoms with Gasteiger partial charge in [-0.3, -0.25) is 4.79 Å². The SMILES string of the molecule is Cc1nc(N)sc1C(=O)NCC(C)(C)C#N. The van der Waals surface area contributed by atoms with Crippen molar-refractivity contribution in [2.45, 2.75) is 20.8 Å². The van der Waals surface area contributed by atoms with Crippen molar-refractivity contribution in [2.24, 2.45) is 5.41 Å². The minimum Gasteiger partial charge on any atom is -0.375 e. The molecule has 3 N–H and O–H groups in total. The van der Waals surface area contributed by atoms with E-state index in [4.69, 9.17) is 11.0 Å². The zero-order chi connectivity index (χ0) is 12.3. The lowest BCUT2D eigenvalue weighted by molar-refractivity contribution is 0.0947. The zero-order valence-corrected chi connectivity index (χ0v) is 10.3. The highest BCUT2D eigenvalue weighted by Gasteiger charge is 2.20. The molecule has 5 nitrogen and oxygen atoms in total. The standard InChI is InChI=1S/C10H14N4OS/c1-6-7(16-9(12)14-6)8(15)13-5-10(2,3)4-11/h5H2,1-3H3,(H2,12,14)(H,13,15). The molecule has 0 saturated carbocycles. The molecule has 1 rings (SSSR count). The highest BCUT2D eigenvalue weighted by atomic mass is 32.1. The Morgan fingerprint density at radius 1 is 1.69 bits per heavy atom. The lowest BCUT2D eigenvalue weighted by Crippen LogP contribution is -2.33. The normalized spacial score (nSPS) is 10.9. The third-order valence-corrected chi connectivity index (χ3v) is 3.00. The predicted molar refractivity (Wildman–Crippen MR) is 63.0 cm³/mol. The van der Waals surface area contributed by atoms with Gasteiger partial charge in [-0.2, -0.15) is 5.26 Å². The maximum Gasteiger partial charge on any atom is 0.263 e. The molecular formula is C10H14N4OS. The summed E-state index contributed by atoms with van der Waals surface area (Å²) in [5.74, 6) is -0.227. The fraction of sp³-hybridized carbons (Fsp3) is 0.500. The Balaban J connectivity index is 2.68. The number of amides is 1. The average Bonchev–Trinajstić information content (AvgIpc) is 2.54. The fourth-order valence-corrected chi connectivity index (χ4v) is 1.80. The first-order chi connectivity index (χ1) is 7.35. The van der Waals surface area contributed by atoms with Crippen molar-refractivity contribution in [3.05, 3.63) is 10.6 Å². The molecule has 1 aromatic rings. The maximum absolute atomic E-state index is 11.7. The van der Waals surface area contributed by atoms with Crippen molar-refractivity contribution in [2.75, 3.05) is 12.3 Å². The number of hydrogen-bond donors (Lipinski definition) is 2. The molecule has 0 radical (unpaired) electrons. The molecule has 0 bridgehead atoms. The first kappa shape index (κ1) is 12.5. The summed E-state index contributed by atoms with van der Waals surface area (Å²) in [7, 11) is 0. The van der Waals surface area contributed by atoms with Crippen LogP contribution in [0.4, 0.5) is 5.13 Å².